The molecule has 0 saturated heterocycles. The molecule has 0 aromatic heterocycles. The van der Waals surface area contributed by atoms with Gasteiger partial charge in [-0.25, -0.2) is 0 Å². The summed E-state index contributed by atoms with van der Waals surface area (Å²) in [6, 6.07) is 13.1. The Bertz CT molecular complexity index is 1010. The van der Waals surface area contributed by atoms with E-state index in [1.54, 1.807) is 5.56 Å². The van der Waals surface area contributed by atoms with Crippen molar-refractivity contribution in [3.63, 3.8) is 0 Å². The van der Waals surface area contributed by atoms with Crippen LogP contribution in [0.3, 0.4) is 0 Å². The Hall–Kier alpha value is -1.80. The molecule has 2 nitrogen and oxygen atoms in total. The van der Waals surface area contributed by atoms with Gasteiger partial charge in [0.2, 0.25) is 0 Å². The second kappa shape index (κ2) is 7.62. The summed E-state index contributed by atoms with van der Waals surface area (Å²) in [6.45, 7) is 22.1. The van der Waals surface area contributed by atoms with Gasteiger partial charge in [0.05, 0.1) is 0 Å². The largest absolute Gasteiger partial charge is 0.381 e. The molecule has 0 saturated carbocycles. The molecule has 0 amide bonds. The lowest BCUT2D eigenvalue weighted by Crippen LogP contribution is -2.31. The Morgan fingerprint density at radius 1 is 0.875 bits per heavy atom. The summed E-state index contributed by atoms with van der Waals surface area (Å²) in [5.41, 5.74) is 10.9. The minimum absolute atomic E-state index is 0.143. The van der Waals surface area contributed by atoms with Crippen molar-refractivity contribution in [2.24, 2.45) is 5.41 Å². The van der Waals surface area contributed by atoms with Crippen molar-refractivity contribution in [3.8, 4) is 0 Å². The van der Waals surface area contributed by atoms with Crippen LogP contribution in [0.25, 0.3) is 0 Å². The fraction of sp³-hybridized carbons (Fsp3) is 0.600. The molecule has 0 radical (unpaired) electrons. The van der Waals surface area contributed by atoms with Gasteiger partial charge in [0.15, 0.2) is 0 Å². The van der Waals surface area contributed by atoms with Crippen molar-refractivity contribution in [1.29, 1.82) is 0 Å². The zero-order valence-electron chi connectivity index (χ0n) is 22.1. The van der Waals surface area contributed by atoms with E-state index in [1.807, 2.05) is 0 Å². The monoisotopic (exact) mass is 432 g/mol. The summed E-state index contributed by atoms with van der Waals surface area (Å²) >= 11 is 0. The molecule has 2 aliphatic rings. The van der Waals surface area contributed by atoms with Crippen LogP contribution in [-0.4, -0.2) is 18.0 Å². The van der Waals surface area contributed by atoms with E-state index < -0.39 is 0 Å². The molecule has 2 aromatic rings. The van der Waals surface area contributed by atoms with Crippen molar-refractivity contribution in [3.05, 3.63) is 63.7 Å². The molecule has 4 rings (SSSR count). The Morgan fingerprint density at radius 3 is 2.12 bits per heavy atom. The number of hydrogen-bond donors (Lipinski definition) is 1. The van der Waals surface area contributed by atoms with Gasteiger partial charge < -0.3 is 5.32 Å². The third-order valence-corrected chi connectivity index (χ3v) is 7.73. The minimum Gasteiger partial charge on any atom is -0.381 e. The van der Waals surface area contributed by atoms with Gasteiger partial charge in [0.25, 0.3) is 0 Å². The number of likely N-dealkylation sites (N-methyl/N-ethyl adjacent to an activating group) is 1. The van der Waals surface area contributed by atoms with Crippen molar-refractivity contribution < 1.29 is 0 Å². The molecule has 2 heterocycles. The third-order valence-electron chi connectivity index (χ3n) is 7.73. The molecule has 2 aromatic carbocycles. The maximum Gasteiger partial charge on any atom is 0.0392 e. The first kappa shape index (κ1) is 23.4. The van der Waals surface area contributed by atoms with E-state index in [1.165, 1.54) is 33.5 Å². The lowest BCUT2D eigenvalue weighted by molar-refractivity contribution is 0.266. The standard InChI is InChI=1S/C30H44N2/c1-28(2,3)21-12-11-19-18-32(10)26(24(19)15-21)14-20-13-22(29(4,5)6)16-25-23(20)17-27(31-25)30(7,8)9/h11-13,15-16,26-27,31H,14,17-18H2,1-10H3. The first-order valence-electron chi connectivity index (χ1n) is 12.4. The summed E-state index contributed by atoms with van der Waals surface area (Å²) < 4.78 is 0. The second-order valence-electron chi connectivity index (χ2n) is 13.5. The Balaban J connectivity index is 1.75. The van der Waals surface area contributed by atoms with Crippen LogP contribution in [0.15, 0.2) is 30.3 Å². The molecule has 2 aliphatic heterocycles. The second-order valence-corrected chi connectivity index (χ2v) is 13.5. The Kier molecular flexibility index (Phi) is 5.56. The quantitative estimate of drug-likeness (QED) is 0.532. The molecule has 32 heavy (non-hydrogen) atoms. The average molecular weight is 433 g/mol. The molecular weight excluding hydrogens is 388 g/mol. The van der Waals surface area contributed by atoms with E-state index in [-0.39, 0.29) is 16.2 Å². The van der Waals surface area contributed by atoms with E-state index in [4.69, 9.17) is 0 Å². The van der Waals surface area contributed by atoms with Gasteiger partial charge in [-0.2, -0.15) is 0 Å². The summed E-state index contributed by atoms with van der Waals surface area (Å²) in [6.07, 6.45) is 2.21. The van der Waals surface area contributed by atoms with Crippen molar-refractivity contribution in [1.82, 2.24) is 4.90 Å². The van der Waals surface area contributed by atoms with Crippen LogP contribution in [0.1, 0.15) is 102 Å². The number of rotatable bonds is 2. The molecule has 2 heteroatoms. The van der Waals surface area contributed by atoms with E-state index in [2.05, 4.69) is 110 Å². The molecular formula is C30H44N2. The summed E-state index contributed by atoms with van der Waals surface area (Å²) in [5.74, 6) is 0. The fourth-order valence-corrected chi connectivity index (χ4v) is 5.29. The van der Waals surface area contributed by atoms with Crippen LogP contribution in [0.5, 0.6) is 0 Å². The van der Waals surface area contributed by atoms with Crippen LogP contribution in [-0.2, 0) is 30.2 Å². The minimum atomic E-state index is 0.143. The predicted octanol–water partition coefficient (Wildman–Crippen LogP) is 7.39. The lowest BCUT2D eigenvalue weighted by atomic mass is 9.81. The highest BCUT2D eigenvalue weighted by Gasteiger charge is 2.35. The van der Waals surface area contributed by atoms with Crippen molar-refractivity contribution in [2.45, 2.75) is 105 Å². The number of hydrogen-bond acceptors (Lipinski definition) is 2. The number of benzene rings is 2. The van der Waals surface area contributed by atoms with Gasteiger partial charge in [-0.15, -0.1) is 0 Å². The maximum atomic E-state index is 3.90. The topological polar surface area (TPSA) is 15.3 Å². The predicted molar refractivity (Wildman–Crippen MR) is 139 cm³/mol. The molecule has 0 spiro atoms. The fourth-order valence-electron chi connectivity index (χ4n) is 5.29. The molecule has 0 fully saturated rings. The highest BCUT2D eigenvalue weighted by atomic mass is 15.1. The first-order valence-corrected chi connectivity index (χ1v) is 12.4. The van der Waals surface area contributed by atoms with Crippen LogP contribution in [0.4, 0.5) is 5.69 Å². The number of anilines is 1. The van der Waals surface area contributed by atoms with Crippen molar-refractivity contribution >= 4 is 5.69 Å². The summed E-state index contributed by atoms with van der Waals surface area (Å²) in [5, 5.41) is 3.90. The SMILES string of the molecule is CN1Cc2ccc(C(C)(C)C)cc2C1Cc1cc(C(C)(C)C)cc2c1CC(C(C)(C)C)N2. The smallest absolute Gasteiger partial charge is 0.0392 e. The van der Waals surface area contributed by atoms with Gasteiger partial charge in [0, 0.05) is 24.3 Å². The van der Waals surface area contributed by atoms with Gasteiger partial charge in [-0.05, 0) is 75.6 Å². The lowest BCUT2D eigenvalue weighted by Gasteiger charge is -2.27. The van der Waals surface area contributed by atoms with Crippen molar-refractivity contribution in [2.75, 3.05) is 12.4 Å². The maximum absolute atomic E-state index is 3.90. The summed E-state index contributed by atoms with van der Waals surface area (Å²) in [7, 11) is 2.30. The average Bonchev–Trinajstić information content (AvgIpc) is 3.21. The number of nitrogens with one attached hydrogen (secondary N) is 1. The Morgan fingerprint density at radius 2 is 1.53 bits per heavy atom. The van der Waals surface area contributed by atoms with Crippen LogP contribution in [0, 0.1) is 5.41 Å². The molecule has 174 valence electrons. The van der Waals surface area contributed by atoms with Gasteiger partial charge in [0.1, 0.15) is 0 Å². The Labute approximate surface area is 196 Å². The molecule has 1 N–H and O–H groups in total. The van der Waals surface area contributed by atoms with Crippen LogP contribution < -0.4 is 5.32 Å². The zero-order valence-corrected chi connectivity index (χ0v) is 22.1. The molecule has 2 unspecified atom stereocenters. The van der Waals surface area contributed by atoms with E-state index in [9.17, 15) is 0 Å². The highest BCUT2D eigenvalue weighted by Crippen LogP contribution is 2.43. The normalized spacial score (nSPS) is 21.4. The molecule has 0 aliphatic carbocycles. The van der Waals surface area contributed by atoms with E-state index in [0.29, 0.717) is 12.1 Å². The van der Waals surface area contributed by atoms with Crippen LogP contribution in [0.2, 0.25) is 0 Å². The third kappa shape index (κ3) is 4.36. The first-order chi connectivity index (χ1) is 14.6. The van der Waals surface area contributed by atoms with Crippen LogP contribution >= 0.6 is 0 Å². The van der Waals surface area contributed by atoms with Gasteiger partial charge in [-0.3, -0.25) is 4.90 Å². The molecule has 0 bridgehead atoms. The van der Waals surface area contributed by atoms with E-state index >= 15 is 0 Å². The molecule has 2 atom stereocenters. The highest BCUT2D eigenvalue weighted by molar-refractivity contribution is 5.63. The van der Waals surface area contributed by atoms with E-state index in [0.717, 1.165) is 19.4 Å². The van der Waals surface area contributed by atoms with Gasteiger partial charge in [-0.1, -0.05) is 86.6 Å². The number of fused-ring (bicyclic) bond motifs is 2. The van der Waals surface area contributed by atoms with Gasteiger partial charge >= 0.3 is 0 Å². The number of nitrogens with zero attached hydrogens (tertiary/aromatic N) is 1. The summed E-state index contributed by atoms with van der Waals surface area (Å²) in [4.78, 5) is 2.55. The zero-order chi connectivity index (χ0) is 23.6.